The zero-order valence-corrected chi connectivity index (χ0v) is 5.95. The summed E-state index contributed by atoms with van der Waals surface area (Å²) < 4.78 is 0. The fourth-order valence-corrected chi connectivity index (χ4v) is 0.376. The predicted octanol–water partition coefficient (Wildman–Crippen LogP) is -2.00. The van der Waals surface area contributed by atoms with Gasteiger partial charge in [-0.05, 0) is 0 Å². The van der Waals surface area contributed by atoms with Gasteiger partial charge in [0, 0.05) is 6.54 Å². The van der Waals surface area contributed by atoms with E-state index in [1.807, 2.05) is 0 Å². The molecule has 0 atom stereocenters. The molecule has 0 aromatic carbocycles. The third kappa shape index (κ3) is 5.13. The van der Waals surface area contributed by atoms with Crippen molar-refractivity contribution in [2.45, 2.75) is 0 Å². The highest BCUT2D eigenvalue weighted by Gasteiger charge is 1.90. The molecule has 0 radical (unpaired) electrons. The van der Waals surface area contributed by atoms with Gasteiger partial charge < -0.3 is 17.2 Å². The topological polar surface area (TPSA) is 103 Å². The number of guanidine groups is 1. The zero-order valence-electron chi connectivity index (χ0n) is 5.95. The Morgan fingerprint density at radius 2 is 2.20 bits per heavy atom. The number of hydrazone groups is 1. The number of hydroxylamine groups is 1. The lowest BCUT2D eigenvalue weighted by Gasteiger charge is -2.10. The number of hydrogen-bond donors (Lipinski definition) is 3. The van der Waals surface area contributed by atoms with Crippen LogP contribution < -0.4 is 17.2 Å². The van der Waals surface area contributed by atoms with E-state index in [0.29, 0.717) is 13.2 Å². The van der Waals surface area contributed by atoms with Crippen LogP contribution in [0.2, 0.25) is 0 Å². The maximum Gasteiger partial charge on any atom is 0.211 e. The summed E-state index contributed by atoms with van der Waals surface area (Å²) in [6.45, 7) is 0.831. The van der Waals surface area contributed by atoms with Crippen molar-refractivity contribution in [3.8, 4) is 0 Å². The summed E-state index contributed by atoms with van der Waals surface area (Å²) in [5.41, 5.74) is 15.2. The molecule has 0 heterocycles. The minimum Gasteiger partial charge on any atom is -0.369 e. The Hall–Kier alpha value is -1.01. The molecule has 0 rings (SSSR count). The van der Waals surface area contributed by atoms with Crippen molar-refractivity contribution in [3.05, 3.63) is 0 Å². The monoisotopic (exact) mass is 147 g/mol. The second-order valence-corrected chi connectivity index (χ2v) is 1.61. The van der Waals surface area contributed by atoms with E-state index in [0.717, 1.165) is 0 Å². The van der Waals surface area contributed by atoms with Gasteiger partial charge in [-0.1, -0.05) is 0 Å². The van der Waals surface area contributed by atoms with Gasteiger partial charge in [0.05, 0.1) is 13.7 Å². The van der Waals surface area contributed by atoms with Crippen LogP contribution >= 0.6 is 0 Å². The molecule has 0 saturated heterocycles. The van der Waals surface area contributed by atoms with E-state index in [9.17, 15) is 0 Å². The van der Waals surface area contributed by atoms with Gasteiger partial charge in [0.1, 0.15) is 0 Å². The second kappa shape index (κ2) is 4.83. The first-order chi connectivity index (χ1) is 4.66. The molecule has 6 N–H and O–H groups in total. The quantitative estimate of drug-likeness (QED) is 0.242. The Kier molecular flexibility index (Phi) is 4.34. The standard InChI is InChI=1S/C4H13N5O/c1-9(8-4(6)7)10-3-2-5/h2-3,5H2,1H3,(H4,6,7,8). The summed E-state index contributed by atoms with van der Waals surface area (Å²) in [7, 11) is 1.58. The maximum atomic E-state index is 5.14. The van der Waals surface area contributed by atoms with Crippen molar-refractivity contribution in [3.63, 3.8) is 0 Å². The number of nitrogens with two attached hydrogens (primary N) is 3. The van der Waals surface area contributed by atoms with E-state index >= 15 is 0 Å². The molecule has 0 aliphatic rings. The summed E-state index contributed by atoms with van der Waals surface area (Å²) in [6.07, 6.45) is 0. The Bertz CT molecular complexity index is 110. The van der Waals surface area contributed by atoms with Gasteiger partial charge in [-0.2, -0.15) is 5.17 Å². The van der Waals surface area contributed by atoms with E-state index < -0.39 is 0 Å². The van der Waals surface area contributed by atoms with Gasteiger partial charge in [-0.15, -0.1) is 5.10 Å². The average molecular weight is 147 g/mol. The normalized spacial score (nSPS) is 9.00. The van der Waals surface area contributed by atoms with Crippen LogP contribution in [0, 0.1) is 0 Å². The molecule has 0 aliphatic carbocycles. The fourth-order valence-electron chi connectivity index (χ4n) is 0.376. The highest BCUT2D eigenvalue weighted by Crippen LogP contribution is 1.82. The van der Waals surface area contributed by atoms with Crippen molar-refractivity contribution in [1.29, 1.82) is 0 Å². The molecule has 10 heavy (non-hydrogen) atoms. The summed E-state index contributed by atoms with van der Waals surface area (Å²) >= 11 is 0. The van der Waals surface area contributed by atoms with Crippen LogP contribution in [0.15, 0.2) is 5.10 Å². The van der Waals surface area contributed by atoms with E-state index in [-0.39, 0.29) is 5.96 Å². The molecular weight excluding hydrogens is 134 g/mol. The molecule has 0 unspecified atom stereocenters. The molecule has 0 aromatic heterocycles. The van der Waals surface area contributed by atoms with Gasteiger partial charge >= 0.3 is 0 Å². The lowest BCUT2D eigenvalue weighted by atomic mass is 10.8. The molecule has 60 valence electrons. The summed E-state index contributed by atoms with van der Waals surface area (Å²) in [6, 6.07) is 0. The minimum absolute atomic E-state index is 0.0421. The highest BCUT2D eigenvalue weighted by molar-refractivity contribution is 5.75. The lowest BCUT2D eigenvalue weighted by Crippen LogP contribution is -2.28. The highest BCUT2D eigenvalue weighted by atomic mass is 16.7. The first-order valence-electron chi connectivity index (χ1n) is 2.83. The molecule has 0 amide bonds. The molecule has 0 saturated carbocycles. The van der Waals surface area contributed by atoms with E-state index in [2.05, 4.69) is 5.10 Å². The number of nitrogens with zero attached hydrogens (tertiary/aromatic N) is 2. The molecule has 0 aliphatic heterocycles. The van der Waals surface area contributed by atoms with Crippen molar-refractivity contribution in [2.75, 3.05) is 20.2 Å². The van der Waals surface area contributed by atoms with Crippen molar-refractivity contribution < 1.29 is 4.84 Å². The Morgan fingerprint density at radius 3 is 2.60 bits per heavy atom. The minimum atomic E-state index is -0.0421. The molecule has 6 heteroatoms. The van der Waals surface area contributed by atoms with Crippen molar-refractivity contribution in [1.82, 2.24) is 5.17 Å². The number of rotatable bonds is 4. The zero-order chi connectivity index (χ0) is 7.98. The molecule has 6 nitrogen and oxygen atoms in total. The first kappa shape index (κ1) is 8.99. The van der Waals surface area contributed by atoms with Crippen LogP contribution in [0.4, 0.5) is 0 Å². The van der Waals surface area contributed by atoms with Crippen molar-refractivity contribution >= 4 is 5.96 Å². The van der Waals surface area contributed by atoms with E-state index in [1.54, 1.807) is 7.05 Å². The molecule has 0 bridgehead atoms. The van der Waals surface area contributed by atoms with Gasteiger partial charge in [-0.25, -0.2) is 0 Å². The van der Waals surface area contributed by atoms with Crippen LogP contribution in [-0.4, -0.2) is 31.3 Å². The van der Waals surface area contributed by atoms with Crippen LogP contribution in [0.1, 0.15) is 0 Å². The van der Waals surface area contributed by atoms with Gasteiger partial charge in [0.25, 0.3) is 0 Å². The number of hydrogen-bond acceptors (Lipinski definition) is 4. The van der Waals surface area contributed by atoms with E-state index in [4.69, 9.17) is 22.0 Å². The Balaban J connectivity index is 3.43. The summed E-state index contributed by atoms with van der Waals surface area (Å²) in [4.78, 5) is 4.86. The largest absolute Gasteiger partial charge is 0.369 e. The molecule has 0 aromatic rings. The SMILES string of the molecule is CN(N=C(N)N)OCCN. The third-order valence-electron chi connectivity index (χ3n) is 0.652. The van der Waals surface area contributed by atoms with Crippen LogP contribution in [-0.2, 0) is 4.84 Å². The summed E-state index contributed by atoms with van der Waals surface area (Å²) in [5.74, 6) is -0.0421. The van der Waals surface area contributed by atoms with Crippen LogP contribution in [0.5, 0.6) is 0 Å². The van der Waals surface area contributed by atoms with Crippen LogP contribution in [0.25, 0.3) is 0 Å². The van der Waals surface area contributed by atoms with E-state index in [1.165, 1.54) is 5.17 Å². The van der Waals surface area contributed by atoms with Crippen LogP contribution in [0.3, 0.4) is 0 Å². The summed E-state index contributed by atoms with van der Waals surface area (Å²) in [5, 5.41) is 4.71. The lowest BCUT2D eigenvalue weighted by molar-refractivity contribution is -0.136. The van der Waals surface area contributed by atoms with Gasteiger partial charge in [0.2, 0.25) is 5.96 Å². The first-order valence-corrected chi connectivity index (χ1v) is 2.83. The van der Waals surface area contributed by atoms with Gasteiger partial charge in [-0.3, -0.25) is 4.84 Å². The average Bonchev–Trinajstić information content (AvgIpc) is 1.82. The predicted molar refractivity (Wildman–Crippen MR) is 38.6 cm³/mol. The second-order valence-electron chi connectivity index (χ2n) is 1.61. The molecule has 0 spiro atoms. The third-order valence-corrected chi connectivity index (χ3v) is 0.652. The molecule has 0 fully saturated rings. The Morgan fingerprint density at radius 1 is 1.60 bits per heavy atom. The smallest absolute Gasteiger partial charge is 0.211 e. The fraction of sp³-hybridized carbons (Fsp3) is 0.750. The maximum absolute atomic E-state index is 5.14. The van der Waals surface area contributed by atoms with Crippen molar-refractivity contribution in [2.24, 2.45) is 22.3 Å². The Labute approximate surface area is 59.5 Å². The van der Waals surface area contributed by atoms with Gasteiger partial charge in [0.15, 0.2) is 0 Å². The molecular formula is C4H13N5O.